The molecule has 6 heteroatoms. The maximum atomic E-state index is 12.1. The van der Waals surface area contributed by atoms with Crippen LogP contribution in [0.25, 0.3) is 0 Å². The number of nitrogens with zero attached hydrogens (tertiary/aromatic N) is 2. The van der Waals surface area contributed by atoms with Gasteiger partial charge in [-0.15, -0.1) is 0 Å². The van der Waals surface area contributed by atoms with Crippen LogP contribution in [0.4, 0.5) is 5.69 Å². The van der Waals surface area contributed by atoms with Crippen molar-refractivity contribution in [2.75, 3.05) is 12.3 Å². The molecule has 0 unspecified atom stereocenters. The van der Waals surface area contributed by atoms with Gasteiger partial charge in [0.15, 0.2) is 0 Å². The minimum atomic E-state index is -0.242. The quantitative estimate of drug-likeness (QED) is 0.908. The molecule has 1 aliphatic carbocycles. The first-order valence-electron chi connectivity index (χ1n) is 5.97. The Labute approximate surface area is 114 Å². The second-order valence-corrected chi connectivity index (χ2v) is 5.33. The number of anilines is 1. The van der Waals surface area contributed by atoms with Gasteiger partial charge in [-0.1, -0.05) is 0 Å². The first-order chi connectivity index (χ1) is 8.52. The third kappa shape index (κ3) is 2.75. The van der Waals surface area contributed by atoms with Gasteiger partial charge in [0.05, 0.1) is 10.2 Å². The maximum Gasteiger partial charge on any atom is 0.242 e. The normalized spacial score (nSPS) is 14.6. The minimum Gasteiger partial charge on any atom is -0.394 e. The number of likely N-dealkylation sites (N-methyl/N-ethyl adjacent to an activating group) is 1. The molecule has 0 aromatic carbocycles. The molecule has 1 aromatic rings. The first kappa shape index (κ1) is 13.1. The summed E-state index contributed by atoms with van der Waals surface area (Å²) in [5.41, 5.74) is 5.49. The summed E-state index contributed by atoms with van der Waals surface area (Å²) in [7, 11) is 0. The average Bonchev–Trinajstić information content (AvgIpc) is 3.11. The van der Waals surface area contributed by atoms with Gasteiger partial charge in [-0.2, -0.15) is 0 Å². The SMILES string of the molecule is CCN(C(=O)Cn1cc(N)c(=O)c(Br)c1)C1CC1. The molecule has 1 aromatic heterocycles. The van der Waals surface area contributed by atoms with Gasteiger partial charge in [0.2, 0.25) is 11.3 Å². The molecule has 5 nitrogen and oxygen atoms in total. The summed E-state index contributed by atoms with van der Waals surface area (Å²) in [6.07, 6.45) is 5.29. The summed E-state index contributed by atoms with van der Waals surface area (Å²) in [5, 5.41) is 0. The Morgan fingerprint density at radius 2 is 2.22 bits per heavy atom. The van der Waals surface area contributed by atoms with E-state index in [1.807, 2.05) is 11.8 Å². The van der Waals surface area contributed by atoms with Gasteiger partial charge in [0.1, 0.15) is 6.54 Å². The Morgan fingerprint density at radius 1 is 1.56 bits per heavy atom. The largest absolute Gasteiger partial charge is 0.394 e. The van der Waals surface area contributed by atoms with E-state index in [9.17, 15) is 9.59 Å². The number of nitrogen functional groups attached to an aromatic ring is 1. The highest BCUT2D eigenvalue weighted by molar-refractivity contribution is 9.10. The smallest absolute Gasteiger partial charge is 0.242 e. The lowest BCUT2D eigenvalue weighted by atomic mass is 10.3. The van der Waals surface area contributed by atoms with Crippen molar-refractivity contribution < 1.29 is 4.79 Å². The van der Waals surface area contributed by atoms with Gasteiger partial charge in [-0.05, 0) is 35.7 Å². The molecule has 98 valence electrons. The fourth-order valence-electron chi connectivity index (χ4n) is 1.98. The Bertz CT molecular complexity index is 496. The van der Waals surface area contributed by atoms with Crippen LogP contribution in [0.3, 0.4) is 0 Å². The van der Waals surface area contributed by atoms with Crippen LogP contribution in [-0.2, 0) is 11.3 Å². The molecule has 0 saturated heterocycles. The van der Waals surface area contributed by atoms with E-state index in [0.717, 1.165) is 19.4 Å². The number of carbonyl (C=O) groups is 1. The van der Waals surface area contributed by atoms with Crippen LogP contribution < -0.4 is 11.2 Å². The van der Waals surface area contributed by atoms with E-state index in [1.54, 1.807) is 10.8 Å². The number of amides is 1. The third-order valence-corrected chi connectivity index (χ3v) is 3.59. The van der Waals surface area contributed by atoms with Gasteiger partial charge < -0.3 is 15.2 Å². The highest BCUT2D eigenvalue weighted by Crippen LogP contribution is 2.26. The van der Waals surface area contributed by atoms with Crippen molar-refractivity contribution >= 4 is 27.5 Å². The van der Waals surface area contributed by atoms with Crippen molar-refractivity contribution in [1.82, 2.24) is 9.47 Å². The van der Waals surface area contributed by atoms with Gasteiger partial charge >= 0.3 is 0 Å². The molecule has 1 fully saturated rings. The van der Waals surface area contributed by atoms with Gasteiger partial charge in [-0.25, -0.2) is 0 Å². The van der Waals surface area contributed by atoms with Crippen molar-refractivity contribution in [3.63, 3.8) is 0 Å². The second-order valence-electron chi connectivity index (χ2n) is 4.47. The van der Waals surface area contributed by atoms with Crippen LogP contribution >= 0.6 is 15.9 Å². The zero-order valence-electron chi connectivity index (χ0n) is 10.2. The molecule has 0 atom stereocenters. The van der Waals surface area contributed by atoms with E-state index < -0.39 is 0 Å². The Morgan fingerprint density at radius 3 is 2.72 bits per heavy atom. The molecule has 2 N–H and O–H groups in total. The molecule has 2 rings (SSSR count). The van der Waals surface area contributed by atoms with Crippen molar-refractivity contribution in [1.29, 1.82) is 0 Å². The van der Waals surface area contributed by atoms with Crippen LogP contribution in [0.15, 0.2) is 21.7 Å². The molecule has 0 radical (unpaired) electrons. The standard InChI is InChI=1S/C12H16BrN3O2/c1-2-16(8-3-4-8)11(17)7-15-5-9(13)12(18)10(14)6-15/h5-6,8H,2-4,7,14H2,1H3. The number of halogens is 1. The predicted octanol–water partition coefficient (Wildman–Crippen LogP) is 1.20. The summed E-state index contributed by atoms with van der Waals surface area (Å²) in [6, 6.07) is 0.405. The number of hydrogen-bond donors (Lipinski definition) is 1. The fourth-order valence-corrected chi connectivity index (χ4v) is 2.47. The average molecular weight is 314 g/mol. The lowest BCUT2D eigenvalue weighted by molar-refractivity contribution is -0.132. The molecule has 1 heterocycles. The van der Waals surface area contributed by atoms with E-state index in [-0.39, 0.29) is 23.6 Å². The summed E-state index contributed by atoms with van der Waals surface area (Å²) >= 11 is 3.14. The van der Waals surface area contributed by atoms with Crippen molar-refractivity contribution in [3.8, 4) is 0 Å². The third-order valence-electron chi connectivity index (χ3n) is 3.03. The zero-order chi connectivity index (χ0) is 13.3. The first-order valence-corrected chi connectivity index (χ1v) is 6.76. The number of hydrogen-bond acceptors (Lipinski definition) is 3. The van der Waals surface area contributed by atoms with Gasteiger partial charge in [0, 0.05) is 25.0 Å². The molecule has 0 aliphatic heterocycles. The summed E-state index contributed by atoms with van der Waals surface area (Å²) in [5.74, 6) is 0.0648. The molecular weight excluding hydrogens is 298 g/mol. The van der Waals surface area contributed by atoms with E-state index in [1.165, 1.54) is 6.20 Å². The van der Waals surface area contributed by atoms with Crippen molar-refractivity contribution in [2.45, 2.75) is 32.4 Å². The van der Waals surface area contributed by atoms with E-state index >= 15 is 0 Å². The number of nitrogens with two attached hydrogens (primary N) is 1. The molecule has 1 amide bonds. The van der Waals surface area contributed by atoms with Gasteiger partial charge in [0.25, 0.3) is 0 Å². The molecule has 0 bridgehead atoms. The lowest BCUT2D eigenvalue weighted by Crippen LogP contribution is -2.35. The number of aromatic nitrogens is 1. The summed E-state index contributed by atoms with van der Waals surface area (Å²) in [4.78, 5) is 25.4. The predicted molar refractivity (Wildman–Crippen MR) is 73.2 cm³/mol. The van der Waals surface area contributed by atoms with Crippen LogP contribution in [0, 0.1) is 0 Å². The molecule has 1 aliphatic rings. The summed E-state index contributed by atoms with van der Waals surface area (Å²) < 4.78 is 2.03. The van der Waals surface area contributed by atoms with Crippen LogP contribution in [0.2, 0.25) is 0 Å². The minimum absolute atomic E-state index is 0.0648. The van der Waals surface area contributed by atoms with E-state index in [0.29, 0.717) is 10.5 Å². The molecule has 18 heavy (non-hydrogen) atoms. The van der Waals surface area contributed by atoms with Crippen molar-refractivity contribution in [2.24, 2.45) is 0 Å². The number of rotatable bonds is 4. The van der Waals surface area contributed by atoms with Gasteiger partial charge in [-0.3, -0.25) is 9.59 Å². The summed E-state index contributed by atoms with van der Waals surface area (Å²) in [6.45, 7) is 2.92. The van der Waals surface area contributed by atoms with Crippen LogP contribution in [0.1, 0.15) is 19.8 Å². The molecular formula is C12H16BrN3O2. The second kappa shape index (κ2) is 5.14. The highest BCUT2D eigenvalue weighted by atomic mass is 79.9. The maximum absolute atomic E-state index is 12.1. The molecule has 1 saturated carbocycles. The topological polar surface area (TPSA) is 68.3 Å². The lowest BCUT2D eigenvalue weighted by Gasteiger charge is -2.21. The Balaban J connectivity index is 2.13. The Hall–Kier alpha value is -1.30. The fraction of sp³-hybridized carbons (Fsp3) is 0.500. The van der Waals surface area contributed by atoms with E-state index in [4.69, 9.17) is 5.73 Å². The van der Waals surface area contributed by atoms with E-state index in [2.05, 4.69) is 15.9 Å². The monoisotopic (exact) mass is 313 g/mol. The van der Waals surface area contributed by atoms with Crippen LogP contribution in [0.5, 0.6) is 0 Å². The number of pyridine rings is 1. The Kier molecular flexibility index (Phi) is 3.75. The number of carbonyl (C=O) groups excluding carboxylic acids is 1. The van der Waals surface area contributed by atoms with Crippen LogP contribution in [-0.4, -0.2) is 28.0 Å². The molecule has 0 spiro atoms. The zero-order valence-corrected chi connectivity index (χ0v) is 11.8. The van der Waals surface area contributed by atoms with Crippen molar-refractivity contribution in [3.05, 3.63) is 27.1 Å². The highest BCUT2D eigenvalue weighted by Gasteiger charge is 2.31.